The maximum atomic E-state index is 4.14. The Morgan fingerprint density at radius 2 is 0.712 bits per heavy atom. The Labute approximate surface area is 315 Å². The predicted molar refractivity (Wildman–Crippen MR) is 234 cm³/mol. The second kappa shape index (κ2) is 13.4. The molecule has 2 aliphatic rings. The molecule has 0 saturated carbocycles. The quantitative estimate of drug-likeness (QED) is 0.121. The molecule has 0 radical (unpaired) electrons. The molecule has 2 heteroatoms. The summed E-state index contributed by atoms with van der Waals surface area (Å²) < 4.78 is 0. The van der Waals surface area contributed by atoms with Crippen molar-refractivity contribution in [2.45, 2.75) is 116 Å². The molecule has 0 saturated heterocycles. The maximum Gasteiger partial charge on any atom is 0.146 e. The van der Waals surface area contributed by atoms with Crippen LogP contribution >= 0.6 is 0 Å². The molecule has 0 aliphatic heterocycles. The first kappa shape index (κ1) is 36.3. The molecule has 5 aromatic rings. The third-order valence-corrected chi connectivity index (χ3v) is 25.8. The van der Waals surface area contributed by atoms with Gasteiger partial charge in [0.15, 0.2) is 0 Å². The van der Waals surface area contributed by atoms with Gasteiger partial charge >= 0.3 is 0 Å². The van der Waals surface area contributed by atoms with Crippen molar-refractivity contribution < 1.29 is 0 Å². The Balaban J connectivity index is 1.63. The van der Waals surface area contributed by atoms with E-state index in [1.807, 2.05) is 0 Å². The summed E-state index contributed by atoms with van der Waals surface area (Å²) in [5.41, 5.74) is 21.9. The van der Waals surface area contributed by atoms with Crippen molar-refractivity contribution in [3.63, 3.8) is 0 Å². The molecule has 52 heavy (non-hydrogen) atoms. The van der Waals surface area contributed by atoms with Crippen molar-refractivity contribution in [3.8, 4) is 45.2 Å². The largest absolute Gasteiger partial charge is 0.146 e. The fourth-order valence-electron chi connectivity index (χ4n) is 10.7. The number of rotatable bonds is 6. The zero-order valence-electron chi connectivity index (χ0n) is 33.5. The lowest BCUT2D eigenvalue weighted by Gasteiger charge is -2.38. The Bertz CT molecular complexity index is 2280. The smallest absolute Gasteiger partial charge is 0.125 e. The van der Waals surface area contributed by atoms with Gasteiger partial charge in [0.2, 0.25) is 0 Å². The summed E-state index contributed by atoms with van der Waals surface area (Å²) in [5, 5.41) is 7.69. The van der Waals surface area contributed by atoms with Gasteiger partial charge in [0, 0.05) is 22.3 Å². The van der Waals surface area contributed by atoms with E-state index in [-0.39, 0.29) is 0 Å². The van der Waals surface area contributed by atoms with Crippen molar-refractivity contribution >= 4 is 48.8 Å². The van der Waals surface area contributed by atoms with E-state index in [0.29, 0.717) is 33.2 Å². The van der Waals surface area contributed by atoms with Crippen LogP contribution in [0.25, 0.3) is 54.9 Å². The SMILES string of the molecule is CC(C)[Si](C#CC1=c2cc3c(cc2-c2ccc4ccccc4c21)=C(C#C[Si](C(C)C)(C(C)C)C(C)C)c1c-3ccc2ccccc12)(C(C)C)C(C)C. The summed E-state index contributed by atoms with van der Waals surface area (Å²) in [6.07, 6.45) is 0. The third kappa shape index (κ3) is 5.32. The monoisotopic (exact) mass is 712 g/mol. The van der Waals surface area contributed by atoms with Gasteiger partial charge in [-0.3, -0.25) is 0 Å². The lowest BCUT2D eigenvalue weighted by atomic mass is 9.95. The molecule has 0 aromatic heterocycles. The molecular weight excluding hydrogens is 657 g/mol. The first-order valence-corrected chi connectivity index (χ1v) is 24.3. The highest BCUT2D eigenvalue weighted by Gasteiger charge is 2.43. The molecule has 0 amide bonds. The third-order valence-electron chi connectivity index (χ3n) is 13.2. The van der Waals surface area contributed by atoms with Crippen LogP contribution in [0.1, 0.15) is 94.2 Å². The summed E-state index contributed by atoms with van der Waals surface area (Å²) in [6.45, 7) is 29.0. The van der Waals surface area contributed by atoms with Crippen LogP contribution in [-0.4, -0.2) is 16.1 Å². The molecule has 0 fully saturated rings. The minimum atomic E-state index is -1.98. The van der Waals surface area contributed by atoms with E-state index >= 15 is 0 Å². The Morgan fingerprint density at radius 1 is 0.385 bits per heavy atom. The topological polar surface area (TPSA) is 0 Å². The van der Waals surface area contributed by atoms with E-state index in [0.717, 1.165) is 0 Å². The molecule has 0 atom stereocenters. The summed E-state index contributed by atoms with van der Waals surface area (Å²) in [4.78, 5) is 0. The Morgan fingerprint density at radius 3 is 1.04 bits per heavy atom. The predicted octanol–water partition coefficient (Wildman–Crippen LogP) is 12.8. The van der Waals surface area contributed by atoms with Gasteiger partial charge in [-0.25, -0.2) is 0 Å². The second-order valence-corrected chi connectivity index (χ2v) is 28.6. The summed E-state index contributed by atoms with van der Waals surface area (Å²) >= 11 is 0. The van der Waals surface area contributed by atoms with Crippen LogP contribution in [0.5, 0.6) is 0 Å². The highest BCUT2D eigenvalue weighted by Crippen LogP contribution is 2.45. The van der Waals surface area contributed by atoms with Crippen molar-refractivity contribution in [1.82, 2.24) is 0 Å². The highest BCUT2D eigenvalue weighted by molar-refractivity contribution is 6.91. The normalized spacial score (nSPS) is 13.7. The molecule has 264 valence electrons. The first-order chi connectivity index (χ1) is 24.7. The van der Waals surface area contributed by atoms with Gasteiger partial charge in [-0.15, -0.1) is 11.1 Å². The Hall–Kier alpha value is -4.09. The van der Waals surface area contributed by atoms with Gasteiger partial charge in [-0.2, -0.15) is 0 Å². The first-order valence-electron chi connectivity index (χ1n) is 19.8. The highest BCUT2D eigenvalue weighted by atomic mass is 28.3. The van der Waals surface area contributed by atoms with E-state index in [9.17, 15) is 0 Å². The Kier molecular flexibility index (Phi) is 9.35. The van der Waals surface area contributed by atoms with Gasteiger partial charge < -0.3 is 0 Å². The minimum absolute atomic E-state index is 0.572. The van der Waals surface area contributed by atoms with Crippen molar-refractivity contribution in [2.24, 2.45) is 0 Å². The van der Waals surface area contributed by atoms with Gasteiger partial charge in [0.25, 0.3) is 0 Å². The minimum Gasteiger partial charge on any atom is -0.125 e. The van der Waals surface area contributed by atoms with Crippen LogP contribution in [0.4, 0.5) is 0 Å². The van der Waals surface area contributed by atoms with Crippen LogP contribution in [0.3, 0.4) is 0 Å². The second-order valence-electron chi connectivity index (χ2n) is 17.4. The van der Waals surface area contributed by atoms with E-state index in [2.05, 4.69) is 191 Å². The van der Waals surface area contributed by atoms with Crippen LogP contribution in [0.15, 0.2) is 84.9 Å². The van der Waals surface area contributed by atoms with E-state index < -0.39 is 16.1 Å². The van der Waals surface area contributed by atoms with Gasteiger partial charge in [0.05, 0.1) is 0 Å². The van der Waals surface area contributed by atoms with Crippen molar-refractivity contribution in [3.05, 3.63) is 106 Å². The molecule has 7 rings (SSSR count). The average molecular weight is 713 g/mol. The number of hydrogen-bond donors (Lipinski definition) is 0. The molecule has 0 unspecified atom stereocenters. The van der Waals surface area contributed by atoms with Crippen LogP contribution in [-0.2, 0) is 0 Å². The molecule has 0 heterocycles. The van der Waals surface area contributed by atoms with Crippen LogP contribution in [0, 0.1) is 22.9 Å². The molecule has 0 nitrogen and oxygen atoms in total. The number of hydrogen-bond acceptors (Lipinski definition) is 0. The summed E-state index contributed by atoms with van der Waals surface area (Å²) in [5.74, 6) is 8.02. The molecule has 5 aromatic carbocycles. The van der Waals surface area contributed by atoms with Crippen LogP contribution < -0.4 is 10.4 Å². The van der Waals surface area contributed by atoms with Crippen molar-refractivity contribution in [1.29, 1.82) is 0 Å². The van der Waals surface area contributed by atoms with Gasteiger partial charge in [-0.1, -0.05) is 168 Å². The number of benzene rings is 5. The fourth-order valence-corrected chi connectivity index (χ4v) is 21.1. The lowest BCUT2D eigenvalue weighted by molar-refractivity contribution is 0.838. The van der Waals surface area contributed by atoms with Crippen LogP contribution in [0.2, 0.25) is 33.2 Å². The summed E-state index contributed by atoms with van der Waals surface area (Å²) in [6, 6.07) is 32.1. The van der Waals surface area contributed by atoms with E-state index in [1.165, 1.54) is 76.5 Å². The zero-order valence-corrected chi connectivity index (χ0v) is 35.5. The summed E-state index contributed by atoms with van der Waals surface area (Å²) in [7, 11) is -3.96. The number of fused-ring (bicyclic) bond motifs is 10. The van der Waals surface area contributed by atoms with Gasteiger partial charge in [0.1, 0.15) is 16.1 Å². The standard InChI is InChI=1S/C50H56Si2/c1-31(2)51(32(3)4,33(5)6)27-25-43-47-29-46-42-24-22-38-18-14-16-20-40(38)50(42)44(26-28-52(34(7)8,35(9)10)36(11)12)48(46)30-45(47)41-23-21-37-17-13-15-19-39(37)49(41)43/h13-24,29-36H,1-12H3. The maximum absolute atomic E-state index is 4.14. The molecular formula is C50H56Si2. The fraction of sp³-hybridized carbons (Fsp3) is 0.360. The zero-order chi connectivity index (χ0) is 37.3. The van der Waals surface area contributed by atoms with E-state index in [4.69, 9.17) is 0 Å². The molecule has 0 N–H and O–H groups in total. The van der Waals surface area contributed by atoms with Crippen molar-refractivity contribution in [2.75, 3.05) is 0 Å². The molecule has 0 spiro atoms. The molecule has 2 aliphatic carbocycles. The van der Waals surface area contributed by atoms with Gasteiger partial charge in [-0.05, 0) is 99.6 Å². The molecule has 0 bridgehead atoms. The van der Waals surface area contributed by atoms with E-state index in [1.54, 1.807) is 0 Å². The lowest BCUT2D eigenvalue weighted by Crippen LogP contribution is -2.43. The average Bonchev–Trinajstić information content (AvgIpc) is 3.58.